The Bertz CT molecular complexity index is 1250. The van der Waals surface area contributed by atoms with Crippen molar-refractivity contribution in [1.82, 2.24) is 9.55 Å². The molecule has 30 heavy (non-hydrogen) atoms. The van der Waals surface area contributed by atoms with Gasteiger partial charge in [-0.05, 0) is 43.5 Å². The highest BCUT2D eigenvalue weighted by molar-refractivity contribution is 7.17. The standard InChI is InChI=1S/C24H23N3O2S/c1-4-17-7-9-18(10-8-17)20-13-30-23-21(20)24(29)27(14-25-23)16(3)22(28)26-19-11-5-15(2)6-12-19/h5-14,16H,4H2,1-3H3,(H,26,28)/t16-/m0/s1. The van der Waals surface area contributed by atoms with Crippen molar-refractivity contribution < 1.29 is 4.79 Å². The average Bonchev–Trinajstić information content (AvgIpc) is 3.20. The van der Waals surface area contributed by atoms with Crippen LogP contribution in [-0.2, 0) is 11.2 Å². The summed E-state index contributed by atoms with van der Waals surface area (Å²) in [5.74, 6) is -0.258. The van der Waals surface area contributed by atoms with Crippen molar-refractivity contribution in [3.8, 4) is 11.1 Å². The third-order valence-corrected chi connectivity index (χ3v) is 6.19. The Morgan fingerprint density at radius 1 is 1.13 bits per heavy atom. The molecule has 0 aliphatic heterocycles. The van der Waals surface area contributed by atoms with Gasteiger partial charge in [0.1, 0.15) is 10.9 Å². The Morgan fingerprint density at radius 2 is 1.83 bits per heavy atom. The van der Waals surface area contributed by atoms with Crippen LogP contribution in [0.5, 0.6) is 0 Å². The summed E-state index contributed by atoms with van der Waals surface area (Å²) in [5.41, 5.74) is 4.69. The SMILES string of the molecule is CCc1ccc(-c2csc3ncn([C@@H](C)C(=O)Nc4ccc(C)cc4)c(=O)c23)cc1. The number of carbonyl (C=O) groups excluding carboxylic acids is 1. The Morgan fingerprint density at radius 3 is 2.50 bits per heavy atom. The van der Waals surface area contributed by atoms with Crippen LogP contribution in [0.4, 0.5) is 5.69 Å². The van der Waals surface area contributed by atoms with E-state index in [4.69, 9.17) is 0 Å². The normalized spacial score (nSPS) is 12.1. The average molecular weight is 418 g/mol. The van der Waals surface area contributed by atoms with E-state index in [0.717, 1.165) is 23.1 Å². The monoisotopic (exact) mass is 417 g/mol. The number of amides is 1. The summed E-state index contributed by atoms with van der Waals surface area (Å²) in [6.45, 7) is 5.81. The van der Waals surface area contributed by atoms with Crippen LogP contribution in [0.25, 0.3) is 21.3 Å². The van der Waals surface area contributed by atoms with E-state index < -0.39 is 6.04 Å². The summed E-state index contributed by atoms with van der Waals surface area (Å²) in [4.78, 5) is 31.2. The van der Waals surface area contributed by atoms with Crippen LogP contribution in [0.1, 0.15) is 31.0 Å². The maximum atomic E-state index is 13.3. The molecule has 0 unspecified atom stereocenters. The lowest BCUT2D eigenvalue weighted by atomic mass is 10.0. The Kier molecular flexibility index (Phi) is 5.50. The maximum absolute atomic E-state index is 13.3. The summed E-state index contributed by atoms with van der Waals surface area (Å²) >= 11 is 1.44. The van der Waals surface area contributed by atoms with Crippen LogP contribution in [0, 0.1) is 6.92 Å². The fourth-order valence-corrected chi connectivity index (χ4v) is 4.27. The molecule has 6 heteroatoms. The predicted molar refractivity (Wildman–Crippen MR) is 123 cm³/mol. The molecular formula is C24H23N3O2S. The second kappa shape index (κ2) is 8.24. The minimum Gasteiger partial charge on any atom is -0.324 e. The molecule has 4 aromatic rings. The molecular weight excluding hydrogens is 394 g/mol. The Balaban J connectivity index is 1.69. The number of fused-ring (bicyclic) bond motifs is 1. The first kappa shape index (κ1) is 20.0. The smallest absolute Gasteiger partial charge is 0.263 e. The van der Waals surface area contributed by atoms with Crippen molar-refractivity contribution in [1.29, 1.82) is 0 Å². The molecule has 0 bridgehead atoms. The molecule has 1 amide bonds. The molecule has 1 atom stereocenters. The van der Waals surface area contributed by atoms with Crippen molar-refractivity contribution in [3.05, 3.63) is 81.7 Å². The first-order valence-corrected chi connectivity index (χ1v) is 10.8. The van der Waals surface area contributed by atoms with E-state index in [-0.39, 0.29) is 11.5 Å². The molecule has 0 saturated heterocycles. The van der Waals surface area contributed by atoms with Crippen LogP contribution in [0.3, 0.4) is 0 Å². The molecule has 0 fully saturated rings. The fourth-order valence-electron chi connectivity index (χ4n) is 3.36. The number of nitrogens with zero attached hydrogens (tertiary/aromatic N) is 2. The summed E-state index contributed by atoms with van der Waals surface area (Å²) in [5, 5.41) is 5.39. The van der Waals surface area contributed by atoms with E-state index in [9.17, 15) is 9.59 Å². The van der Waals surface area contributed by atoms with E-state index >= 15 is 0 Å². The van der Waals surface area contributed by atoms with E-state index in [0.29, 0.717) is 15.9 Å². The van der Waals surface area contributed by atoms with Crippen molar-refractivity contribution in [2.45, 2.75) is 33.2 Å². The van der Waals surface area contributed by atoms with Gasteiger partial charge >= 0.3 is 0 Å². The van der Waals surface area contributed by atoms with Crippen LogP contribution >= 0.6 is 11.3 Å². The molecule has 2 aromatic carbocycles. The van der Waals surface area contributed by atoms with Gasteiger partial charge in [-0.3, -0.25) is 14.2 Å². The molecule has 1 N–H and O–H groups in total. The van der Waals surface area contributed by atoms with Gasteiger partial charge in [0, 0.05) is 16.6 Å². The van der Waals surface area contributed by atoms with Gasteiger partial charge in [-0.1, -0.05) is 48.9 Å². The lowest BCUT2D eigenvalue weighted by molar-refractivity contribution is -0.118. The molecule has 0 spiro atoms. The van der Waals surface area contributed by atoms with Crippen LogP contribution < -0.4 is 10.9 Å². The van der Waals surface area contributed by atoms with Gasteiger partial charge in [0.2, 0.25) is 5.91 Å². The molecule has 4 rings (SSSR count). The molecule has 152 valence electrons. The number of thiophene rings is 1. The second-order valence-electron chi connectivity index (χ2n) is 7.37. The number of aryl methyl sites for hydroxylation is 2. The fraction of sp³-hybridized carbons (Fsp3) is 0.208. The topological polar surface area (TPSA) is 64.0 Å². The van der Waals surface area contributed by atoms with Crippen LogP contribution in [0.15, 0.2) is 65.0 Å². The van der Waals surface area contributed by atoms with Crippen molar-refractivity contribution in [2.24, 2.45) is 0 Å². The van der Waals surface area contributed by atoms with Gasteiger partial charge in [-0.2, -0.15) is 0 Å². The Labute approximate surface area is 179 Å². The number of aromatic nitrogens is 2. The highest BCUT2D eigenvalue weighted by atomic mass is 32.1. The number of rotatable bonds is 5. The largest absolute Gasteiger partial charge is 0.324 e. The zero-order valence-corrected chi connectivity index (χ0v) is 18.0. The van der Waals surface area contributed by atoms with E-state index in [1.165, 1.54) is 27.8 Å². The molecule has 0 aliphatic carbocycles. The van der Waals surface area contributed by atoms with Crippen LogP contribution in [-0.4, -0.2) is 15.5 Å². The highest BCUT2D eigenvalue weighted by Crippen LogP contribution is 2.31. The third-order valence-electron chi connectivity index (χ3n) is 5.31. The zero-order valence-electron chi connectivity index (χ0n) is 17.2. The molecule has 0 saturated carbocycles. The van der Waals surface area contributed by atoms with Gasteiger partial charge in [0.15, 0.2) is 0 Å². The van der Waals surface area contributed by atoms with E-state index in [2.05, 4.69) is 29.4 Å². The first-order chi connectivity index (χ1) is 14.5. The van der Waals surface area contributed by atoms with Gasteiger partial charge in [-0.25, -0.2) is 4.98 Å². The van der Waals surface area contributed by atoms with Gasteiger partial charge in [-0.15, -0.1) is 11.3 Å². The summed E-state index contributed by atoms with van der Waals surface area (Å²) in [6, 6.07) is 15.1. The lowest BCUT2D eigenvalue weighted by Crippen LogP contribution is -2.31. The van der Waals surface area contributed by atoms with Crippen molar-refractivity contribution >= 4 is 33.1 Å². The highest BCUT2D eigenvalue weighted by Gasteiger charge is 2.20. The van der Waals surface area contributed by atoms with Crippen molar-refractivity contribution in [3.63, 3.8) is 0 Å². The first-order valence-electron chi connectivity index (χ1n) is 9.93. The number of anilines is 1. The minimum absolute atomic E-state index is 0.206. The van der Waals surface area contributed by atoms with Gasteiger partial charge in [0.05, 0.1) is 11.7 Å². The molecule has 2 heterocycles. The number of benzene rings is 2. The predicted octanol–water partition coefficient (Wildman–Crippen LogP) is 5.20. The summed E-state index contributed by atoms with van der Waals surface area (Å²) in [6.07, 6.45) is 2.43. The van der Waals surface area contributed by atoms with Crippen molar-refractivity contribution in [2.75, 3.05) is 5.32 Å². The number of hydrogen-bond donors (Lipinski definition) is 1. The second-order valence-corrected chi connectivity index (χ2v) is 8.23. The van der Waals surface area contributed by atoms with Gasteiger partial charge in [0.25, 0.3) is 5.56 Å². The number of carbonyl (C=O) groups is 1. The van der Waals surface area contributed by atoms with E-state index in [1.807, 2.05) is 48.7 Å². The molecule has 0 aliphatic rings. The zero-order chi connectivity index (χ0) is 21.3. The summed E-state index contributed by atoms with van der Waals surface area (Å²) in [7, 11) is 0. The lowest BCUT2D eigenvalue weighted by Gasteiger charge is -2.15. The number of nitrogens with one attached hydrogen (secondary N) is 1. The van der Waals surface area contributed by atoms with E-state index in [1.54, 1.807) is 6.92 Å². The molecule has 2 aromatic heterocycles. The molecule has 0 radical (unpaired) electrons. The Hall–Kier alpha value is -3.25. The van der Waals surface area contributed by atoms with Gasteiger partial charge < -0.3 is 5.32 Å². The van der Waals surface area contributed by atoms with Crippen LogP contribution in [0.2, 0.25) is 0 Å². The maximum Gasteiger partial charge on any atom is 0.263 e. The molecule has 5 nitrogen and oxygen atoms in total. The third kappa shape index (κ3) is 3.78. The quantitative estimate of drug-likeness (QED) is 0.486. The minimum atomic E-state index is -0.689. The summed E-state index contributed by atoms with van der Waals surface area (Å²) < 4.78 is 1.41. The number of hydrogen-bond acceptors (Lipinski definition) is 4.